The van der Waals surface area contributed by atoms with Gasteiger partial charge in [-0.05, 0) is 37.3 Å². The molecule has 0 radical (unpaired) electrons. The molecule has 0 bridgehead atoms. The molecular formula is C16H19NO. The van der Waals surface area contributed by atoms with Gasteiger partial charge in [-0.1, -0.05) is 36.4 Å². The number of hydrogen-bond acceptors (Lipinski definition) is 2. The minimum Gasteiger partial charge on any atom is -0.493 e. The average Bonchev–Trinajstić information content (AvgIpc) is 2.92. The highest BCUT2D eigenvalue weighted by molar-refractivity contribution is 5.88. The molecule has 94 valence electrons. The molecule has 2 aromatic carbocycles. The molecule has 2 nitrogen and oxygen atoms in total. The SMILES string of the molecule is c1ccc2c(OCCC3CCCN3)cccc2c1. The van der Waals surface area contributed by atoms with Crippen LogP contribution >= 0.6 is 0 Å². The minimum atomic E-state index is 0.653. The molecule has 1 unspecified atom stereocenters. The van der Waals surface area contributed by atoms with E-state index in [1.165, 1.54) is 30.2 Å². The van der Waals surface area contributed by atoms with Gasteiger partial charge >= 0.3 is 0 Å². The second-order valence-electron chi connectivity index (χ2n) is 4.91. The van der Waals surface area contributed by atoms with Crippen molar-refractivity contribution < 1.29 is 4.74 Å². The fourth-order valence-corrected chi connectivity index (χ4v) is 2.64. The summed E-state index contributed by atoms with van der Waals surface area (Å²) < 4.78 is 5.94. The third kappa shape index (κ3) is 2.49. The Morgan fingerprint density at radius 3 is 2.89 bits per heavy atom. The van der Waals surface area contributed by atoms with Gasteiger partial charge < -0.3 is 10.1 Å². The van der Waals surface area contributed by atoms with Crippen molar-refractivity contribution in [1.29, 1.82) is 0 Å². The maximum atomic E-state index is 5.94. The number of fused-ring (bicyclic) bond motifs is 1. The van der Waals surface area contributed by atoms with Crippen molar-refractivity contribution >= 4 is 10.8 Å². The lowest BCUT2D eigenvalue weighted by molar-refractivity contribution is 0.295. The molecule has 0 aliphatic carbocycles. The molecule has 1 aliphatic rings. The first kappa shape index (κ1) is 11.5. The largest absolute Gasteiger partial charge is 0.493 e. The summed E-state index contributed by atoms with van der Waals surface area (Å²) in [6.07, 6.45) is 3.70. The molecule has 0 spiro atoms. The Morgan fingerprint density at radius 2 is 2.00 bits per heavy atom. The molecule has 2 aromatic rings. The van der Waals surface area contributed by atoms with Crippen molar-refractivity contribution in [3.05, 3.63) is 42.5 Å². The van der Waals surface area contributed by atoms with Crippen LogP contribution < -0.4 is 10.1 Å². The van der Waals surface area contributed by atoms with E-state index in [1.54, 1.807) is 0 Å². The van der Waals surface area contributed by atoms with Gasteiger partial charge in [-0.2, -0.15) is 0 Å². The molecule has 2 heteroatoms. The highest BCUT2D eigenvalue weighted by Crippen LogP contribution is 2.25. The standard InChI is InChI=1S/C16H19NO/c1-2-8-15-13(5-1)6-3-9-16(15)18-12-10-14-7-4-11-17-14/h1-3,5-6,8-9,14,17H,4,7,10-12H2. The summed E-state index contributed by atoms with van der Waals surface area (Å²) >= 11 is 0. The average molecular weight is 241 g/mol. The van der Waals surface area contributed by atoms with Crippen LogP contribution in [0.4, 0.5) is 0 Å². The van der Waals surface area contributed by atoms with Crippen molar-refractivity contribution in [2.75, 3.05) is 13.2 Å². The van der Waals surface area contributed by atoms with Crippen LogP contribution in [0.25, 0.3) is 10.8 Å². The summed E-state index contributed by atoms with van der Waals surface area (Å²) in [5.41, 5.74) is 0. The highest BCUT2D eigenvalue weighted by Gasteiger charge is 2.13. The molecule has 0 saturated carbocycles. The maximum absolute atomic E-state index is 5.94. The van der Waals surface area contributed by atoms with E-state index in [4.69, 9.17) is 4.74 Å². The second kappa shape index (κ2) is 5.40. The summed E-state index contributed by atoms with van der Waals surface area (Å²) in [4.78, 5) is 0. The molecule has 1 atom stereocenters. The van der Waals surface area contributed by atoms with Crippen LogP contribution in [0.5, 0.6) is 5.75 Å². The van der Waals surface area contributed by atoms with E-state index in [0.29, 0.717) is 6.04 Å². The number of nitrogens with one attached hydrogen (secondary N) is 1. The van der Waals surface area contributed by atoms with E-state index in [2.05, 4.69) is 47.8 Å². The van der Waals surface area contributed by atoms with E-state index in [-0.39, 0.29) is 0 Å². The molecule has 1 fully saturated rings. The monoisotopic (exact) mass is 241 g/mol. The third-order valence-electron chi connectivity index (χ3n) is 3.64. The van der Waals surface area contributed by atoms with Gasteiger partial charge in [0.2, 0.25) is 0 Å². The fourth-order valence-electron chi connectivity index (χ4n) is 2.64. The molecular weight excluding hydrogens is 222 g/mol. The first-order chi connectivity index (χ1) is 8.93. The van der Waals surface area contributed by atoms with Crippen molar-refractivity contribution in [3.8, 4) is 5.75 Å². The maximum Gasteiger partial charge on any atom is 0.127 e. The van der Waals surface area contributed by atoms with Crippen molar-refractivity contribution in [3.63, 3.8) is 0 Å². The molecule has 1 saturated heterocycles. The molecule has 1 heterocycles. The van der Waals surface area contributed by atoms with Crippen molar-refractivity contribution in [1.82, 2.24) is 5.32 Å². The molecule has 3 rings (SSSR count). The molecule has 18 heavy (non-hydrogen) atoms. The quantitative estimate of drug-likeness (QED) is 0.886. The van der Waals surface area contributed by atoms with Gasteiger partial charge in [-0.15, -0.1) is 0 Å². The zero-order valence-corrected chi connectivity index (χ0v) is 10.6. The van der Waals surface area contributed by atoms with E-state index in [1.807, 2.05) is 0 Å². The van der Waals surface area contributed by atoms with Gasteiger partial charge in [0.05, 0.1) is 6.61 Å². The molecule has 1 aliphatic heterocycles. The summed E-state index contributed by atoms with van der Waals surface area (Å²) in [5.74, 6) is 1.01. The third-order valence-corrected chi connectivity index (χ3v) is 3.64. The molecule has 1 N–H and O–H groups in total. The lowest BCUT2D eigenvalue weighted by Gasteiger charge is -2.12. The first-order valence-corrected chi connectivity index (χ1v) is 6.77. The highest BCUT2D eigenvalue weighted by atomic mass is 16.5. The lowest BCUT2D eigenvalue weighted by atomic mass is 10.1. The fraction of sp³-hybridized carbons (Fsp3) is 0.375. The number of benzene rings is 2. The van der Waals surface area contributed by atoms with Crippen LogP contribution in [0.2, 0.25) is 0 Å². The second-order valence-corrected chi connectivity index (χ2v) is 4.91. The summed E-state index contributed by atoms with van der Waals surface area (Å²) in [7, 11) is 0. The number of ether oxygens (including phenoxy) is 1. The molecule has 0 amide bonds. The van der Waals surface area contributed by atoms with Crippen molar-refractivity contribution in [2.45, 2.75) is 25.3 Å². The van der Waals surface area contributed by atoms with Crippen LogP contribution in [-0.2, 0) is 0 Å². The van der Waals surface area contributed by atoms with Gasteiger partial charge in [0.25, 0.3) is 0 Å². The van der Waals surface area contributed by atoms with Crippen LogP contribution in [0.15, 0.2) is 42.5 Å². The zero-order chi connectivity index (χ0) is 12.2. The molecule has 0 aromatic heterocycles. The topological polar surface area (TPSA) is 21.3 Å². The van der Waals surface area contributed by atoms with Gasteiger partial charge in [0, 0.05) is 11.4 Å². The van der Waals surface area contributed by atoms with Gasteiger partial charge in [-0.25, -0.2) is 0 Å². The van der Waals surface area contributed by atoms with Gasteiger partial charge in [0.15, 0.2) is 0 Å². The normalized spacial score (nSPS) is 19.2. The van der Waals surface area contributed by atoms with E-state index < -0.39 is 0 Å². The van der Waals surface area contributed by atoms with E-state index in [0.717, 1.165) is 18.8 Å². The van der Waals surface area contributed by atoms with E-state index in [9.17, 15) is 0 Å². The summed E-state index contributed by atoms with van der Waals surface area (Å²) in [6.45, 7) is 1.96. The van der Waals surface area contributed by atoms with Crippen LogP contribution in [0.3, 0.4) is 0 Å². The Balaban J connectivity index is 1.66. The number of hydrogen-bond donors (Lipinski definition) is 1. The number of rotatable bonds is 4. The van der Waals surface area contributed by atoms with Crippen LogP contribution in [0, 0.1) is 0 Å². The summed E-state index contributed by atoms with van der Waals surface area (Å²) in [6, 6.07) is 15.3. The Hall–Kier alpha value is -1.54. The Labute approximate surface area is 108 Å². The smallest absolute Gasteiger partial charge is 0.127 e. The van der Waals surface area contributed by atoms with Crippen molar-refractivity contribution in [2.24, 2.45) is 0 Å². The van der Waals surface area contributed by atoms with Gasteiger partial charge in [0.1, 0.15) is 5.75 Å². The minimum absolute atomic E-state index is 0.653. The van der Waals surface area contributed by atoms with Crippen LogP contribution in [-0.4, -0.2) is 19.2 Å². The predicted molar refractivity (Wildman–Crippen MR) is 75.1 cm³/mol. The Kier molecular flexibility index (Phi) is 3.47. The first-order valence-electron chi connectivity index (χ1n) is 6.77. The predicted octanol–water partition coefficient (Wildman–Crippen LogP) is 3.36. The van der Waals surface area contributed by atoms with E-state index >= 15 is 0 Å². The van der Waals surface area contributed by atoms with Crippen LogP contribution in [0.1, 0.15) is 19.3 Å². The lowest BCUT2D eigenvalue weighted by Crippen LogP contribution is -2.23. The Bertz CT molecular complexity index is 512. The summed E-state index contributed by atoms with van der Waals surface area (Å²) in [5, 5.41) is 5.95. The zero-order valence-electron chi connectivity index (χ0n) is 10.6. The Morgan fingerprint density at radius 1 is 1.11 bits per heavy atom. The van der Waals surface area contributed by atoms with Gasteiger partial charge in [-0.3, -0.25) is 0 Å².